The molecule has 2 N–H and O–H groups in total. The van der Waals surface area contributed by atoms with Crippen LogP contribution in [0.5, 0.6) is 0 Å². The average Bonchev–Trinajstić information content (AvgIpc) is 2.61. The number of benzene rings is 1. The first-order valence-electron chi connectivity index (χ1n) is 7.82. The number of rotatable bonds is 8. The number of nitrogens with zero attached hydrogens (tertiary/aromatic N) is 1. The van der Waals surface area contributed by atoms with Crippen LogP contribution in [-0.2, 0) is 9.41 Å². The highest BCUT2D eigenvalue weighted by Crippen LogP contribution is 2.17. The standard InChI is InChI=1S/C17H21BN2O3.2ClH/c1-2-3-7-12-18(23-19)22-17(21)15-10-11-16(20-13-15)14-8-5-4-6-9-14;;/h4-6,8-11,13H,2-3,7,12,19H2,1H3;2*1H. The smallest absolute Gasteiger partial charge is 0.505 e. The van der Waals surface area contributed by atoms with Gasteiger partial charge in [-0.3, -0.25) is 4.98 Å². The fourth-order valence-electron chi connectivity index (χ4n) is 2.20. The first kappa shape index (κ1) is 23.4. The monoisotopic (exact) mass is 384 g/mol. The molecule has 0 spiro atoms. The zero-order chi connectivity index (χ0) is 16.5. The molecule has 1 heterocycles. The number of halogens is 2. The van der Waals surface area contributed by atoms with Gasteiger partial charge in [0.2, 0.25) is 0 Å². The van der Waals surface area contributed by atoms with Gasteiger partial charge in [-0.05, 0) is 18.5 Å². The van der Waals surface area contributed by atoms with E-state index in [2.05, 4.69) is 11.9 Å². The van der Waals surface area contributed by atoms with E-state index in [1.54, 1.807) is 12.1 Å². The molecular weight excluding hydrogens is 362 g/mol. The Labute approximate surface area is 161 Å². The minimum atomic E-state index is -0.720. The molecule has 0 atom stereocenters. The third-order valence-corrected chi connectivity index (χ3v) is 3.50. The molecule has 0 aliphatic carbocycles. The molecule has 0 amide bonds. The summed E-state index contributed by atoms with van der Waals surface area (Å²) in [6, 6.07) is 13.2. The van der Waals surface area contributed by atoms with Crippen LogP contribution in [0.1, 0.15) is 36.5 Å². The summed E-state index contributed by atoms with van der Waals surface area (Å²) in [6.07, 6.45) is 5.12. The third kappa shape index (κ3) is 7.44. The Morgan fingerprint density at radius 1 is 1.12 bits per heavy atom. The summed E-state index contributed by atoms with van der Waals surface area (Å²) in [5, 5.41) is 0. The zero-order valence-electron chi connectivity index (χ0n) is 14.1. The molecule has 0 unspecified atom stereocenters. The van der Waals surface area contributed by atoms with E-state index in [4.69, 9.17) is 15.3 Å². The normalized spacial score (nSPS) is 9.52. The van der Waals surface area contributed by atoms with E-state index >= 15 is 0 Å². The van der Waals surface area contributed by atoms with Crippen molar-refractivity contribution < 1.29 is 14.2 Å². The summed E-state index contributed by atoms with van der Waals surface area (Å²) in [4.78, 5) is 16.4. The highest BCUT2D eigenvalue weighted by molar-refractivity contribution is 6.47. The van der Waals surface area contributed by atoms with Crippen molar-refractivity contribution in [3.05, 3.63) is 54.2 Å². The second-order valence-corrected chi connectivity index (χ2v) is 5.26. The van der Waals surface area contributed by atoms with Crippen molar-refractivity contribution in [2.24, 2.45) is 5.90 Å². The van der Waals surface area contributed by atoms with E-state index in [1.165, 1.54) is 6.20 Å². The SMILES string of the molecule is CCCCCB(ON)OC(=O)c1ccc(-c2ccccc2)nc1.Cl.Cl. The predicted octanol–water partition coefficient (Wildman–Crippen LogP) is 4.32. The molecule has 0 radical (unpaired) electrons. The molecule has 0 aliphatic heterocycles. The lowest BCUT2D eigenvalue weighted by Gasteiger charge is -2.11. The maximum atomic E-state index is 12.1. The molecule has 2 aromatic rings. The molecule has 0 saturated heterocycles. The van der Waals surface area contributed by atoms with Gasteiger partial charge in [-0.15, -0.1) is 24.8 Å². The van der Waals surface area contributed by atoms with Gasteiger partial charge in [-0.25, -0.2) is 10.7 Å². The number of pyridine rings is 1. The maximum Gasteiger partial charge on any atom is 0.544 e. The number of unbranched alkanes of at least 4 members (excludes halogenated alkanes) is 2. The lowest BCUT2D eigenvalue weighted by Crippen LogP contribution is -2.29. The summed E-state index contributed by atoms with van der Waals surface area (Å²) in [7, 11) is -0.720. The Balaban J connectivity index is 0.00000288. The lowest BCUT2D eigenvalue weighted by molar-refractivity contribution is 0.0675. The Bertz CT molecular complexity index is 615. The van der Waals surface area contributed by atoms with Gasteiger partial charge >= 0.3 is 13.1 Å². The van der Waals surface area contributed by atoms with Crippen molar-refractivity contribution in [1.29, 1.82) is 0 Å². The van der Waals surface area contributed by atoms with Crippen LogP contribution in [0.3, 0.4) is 0 Å². The summed E-state index contributed by atoms with van der Waals surface area (Å²) >= 11 is 0. The topological polar surface area (TPSA) is 74.4 Å². The van der Waals surface area contributed by atoms with Crippen LogP contribution in [0.25, 0.3) is 11.3 Å². The molecule has 0 fully saturated rings. The van der Waals surface area contributed by atoms with Gasteiger partial charge in [0.05, 0.1) is 11.3 Å². The minimum absolute atomic E-state index is 0. The molecule has 0 saturated carbocycles. The first-order chi connectivity index (χ1) is 11.2. The molecule has 1 aromatic heterocycles. The molecule has 5 nitrogen and oxygen atoms in total. The Morgan fingerprint density at radius 2 is 1.84 bits per heavy atom. The van der Waals surface area contributed by atoms with Crippen molar-refractivity contribution in [2.45, 2.75) is 32.5 Å². The van der Waals surface area contributed by atoms with Crippen molar-refractivity contribution in [2.75, 3.05) is 0 Å². The second kappa shape index (κ2) is 12.7. The molecule has 136 valence electrons. The molecule has 0 bridgehead atoms. The molecule has 2 rings (SSSR count). The number of hydrogen-bond donors (Lipinski definition) is 1. The van der Waals surface area contributed by atoms with E-state index < -0.39 is 13.1 Å². The number of aromatic nitrogens is 1. The quantitative estimate of drug-likeness (QED) is 0.416. The van der Waals surface area contributed by atoms with Gasteiger partial charge in [-0.1, -0.05) is 56.5 Å². The van der Waals surface area contributed by atoms with Crippen LogP contribution in [0.15, 0.2) is 48.7 Å². The summed E-state index contributed by atoms with van der Waals surface area (Å²) in [5.41, 5.74) is 2.18. The van der Waals surface area contributed by atoms with E-state index in [0.29, 0.717) is 11.9 Å². The lowest BCUT2D eigenvalue weighted by atomic mass is 9.82. The highest BCUT2D eigenvalue weighted by atomic mass is 35.5. The third-order valence-electron chi connectivity index (χ3n) is 3.50. The molecule has 0 aliphatic rings. The van der Waals surface area contributed by atoms with Crippen LogP contribution in [0.4, 0.5) is 0 Å². The van der Waals surface area contributed by atoms with Gasteiger partial charge in [0.15, 0.2) is 0 Å². The fourth-order valence-corrected chi connectivity index (χ4v) is 2.20. The van der Waals surface area contributed by atoms with Crippen molar-refractivity contribution in [3.63, 3.8) is 0 Å². The van der Waals surface area contributed by atoms with E-state index in [1.807, 2.05) is 30.3 Å². The predicted molar refractivity (Wildman–Crippen MR) is 105 cm³/mol. The van der Waals surface area contributed by atoms with Crippen molar-refractivity contribution in [1.82, 2.24) is 4.98 Å². The van der Waals surface area contributed by atoms with Crippen LogP contribution >= 0.6 is 24.8 Å². The number of carbonyl (C=O) groups is 1. The number of nitrogens with two attached hydrogens (primary N) is 1. The Kier molecular flexibility index (Phi) is 11.9. The van der Waals surface area contributed by atoms with Crippen LogP contribution < -0.4 is 5.90 Å². The van der Waals surface area contributed by atoms with Gasteiger partial charge in [-0.2, -0.15) is 0 Å². The Morgan fingerprint density at radius 3 is 2.40 bits per heavy atom. The van der Waals surface area contributed by atoms with Crippen LogP contribution in [0.2, 0.25) is 6.32 Å². The number of hydrogen-bond acceptors (Lipinski definition) is 5. The summed E-state index contributed by atoms with van der Waals surface area (Å²) in [5.74, 6) is 4.71. The van der Waals surface area contributed by atoms with Crippen molar-refractivity contribution >= 4 is 37.9 Å². The van der Waals surface area contributed by atoms with Gasteiger partial charge in [0.25, 0.3) is 0 Å². The fraction of sp³-hybridized carbons (Fsp3) is 0.294. The van der Waals surface area contributed by atoms with E-state index in [0.717, 1.165) is 30.5 Å². The minimum Gasteiger partial charge on any atom is -0.505 e. The van der Waals surface area contributed by atoms with Gasteiger partial charge < -0.3 is 9.41 Å². The largest absolute Gasteiger partial charge is 0.544 e. The van der Waals surface area contributed by atoms with Gasteiger partial charge in [0.1, 0.15) is 0 Å². The molecular formula is C17H23BCl2N2O3. The van der Waals surface area contributed by atoms with Crippen LogP contribution in [0, 0.1) is 0 Å². The molecule has 25 heavy (non-hydrogen) atoms. The first-order valence-corrected chi connectivity index (χ1v) is 7.82. The maximum absolute atomic E-state index is 12.1. The zero-order valence-corrected chi connectivity index (χ0v) is 15.7. The number of carbonyl (C=O) groups excluding carboxylic acids is 1. The van der Waals surface area contributed by atoms with Gasteiger partial charge in [0, 0.05) is 11.8 Å². The van der Waals surface area contributed by atoms with Crippen molar-refractivity contribution in [3.8, 4) is 11.3 Å². The average molecular weight is 385 g/mol. The summed E-state index contributed by atoms with van der Waals surface area (Å²) < 4.78 is 9.97. The molecule has 1 aromatic carbocycles. The Hall–Kier alpha value is -1.60. The molecule has 8 heteroatoms. The second-order valence-electron chi connectivity index (χ2n) is 5.26. The van der Waals surface area contributed by atoms with E-state index in [-0.39, 0.29) is 24.8 Å². The van der Waals surface area contributed by atoms with Crippen LogP contribution in [-0.4, -0.2) is 18.1 Å². The van der Waals surface area contributed by atoms with E-state index in [9.17, 15) is 4.79 Å². The highest BCUT2D eigenvalue weighted by Gasteiger charge is 2.23. The summed E-state index contributed by atoms with van der Waals surface area (Å²) in [6.45, 7) is 2.10.